The SMILES string of the molecule is CCNc1nc(C#Cc2ccccc2Cl)nc2c1ncn2[C@H]1[C@H](O)[C@H](O)[C@H]2C[C@H]21. The zero-order valence-electron chi connectivity index (χ0n) is 15.7. The molecule has 29 heavy (non-hydrogen) atoms. The number of imidazole rings is 1. The Morgan fingerprint density at radius 2 is 2.00 bits per heavy atom. The molecule has 2 aliphatic carbocycles. The van der Waals surface area contributed by atoms with Crippen molar-refractivity contribution in [3.05, 3.63) is 47.0 Å². The number of nitrogens with zero attached hydrogens (tertiary/aromatic N) is 4. The molecule has 0 saturated heterocycles. The quantitative estimate of drug-likeness (QED) is 0.574. The third-order valence-corrected chi connectivity index (χ3v) is 6.07. The Balaban J connectivity index is 1.60. The molecule has 0 bridgehead atoms. The van der Waals surface area contributed by atoms with E-state index >= 15 is 0 Å². The van der Waals surface area contributed by atoms with Crippen molar-refractivity contribution in [2.75, 3.05) is 11.9 Å². The summed E-state index contributed by atoms with van der Waals surface area (Å²) in [6.07, 6.45) is 1.06. The molecule has 0 amide bonds. The molecule has 2 fully saturated rings. The molecule has 5 rings (SSSR count). The zero-order valence-corrected chi connectivity index (χ0v) is 16.5. The van der Waals surface area contributed by atoms with E-state index in [1.807, 2.05) is 29.7 Å². The third-order valence-electron chi connectivity index (χ3n) is 5.74. The van der Waals surface area contributed by atoms with E-state index in [2.05, 4.69) is 32.1 Å². The van der Waals surface area contributed by atoms with Gasteiger partial charge in [0.2, 0.25) is 5.82 Å². The minimum Gasteiger partial charge on any atom is -0.390 e. The van der Waals surface area contributed by atoms with Crippen LogP contribution < -0.4 is 5.32 Å². The molecule has 2 aromatic heterocycles. The lowest BCUT2D eigenvalue weighted by Crippen LogP contribution is -2.31. The Kier molecular flexibility index (Phi) is 4.43. The van der Waals surface area contributed by atoms with Gasteiger partial charge in [-0.2, -0.15) is 0 Å². The smallest absolute Gasteiger partial charge is 0.209 e. The maximum absolute atomic E-state index is 10.5. The molecule has 0 radical (unpaired) electrons. The summed E-state index contributed by atoms with van der Waals surface area (Å²) < 4.78 is 1.87. The number of anilines is 1. The standard InChI is InChI=1S/C21H20ClN5O2/c1-2-23-20-16-21(26-15(25-20)8-7-11-5-3-4-6-14(11)22)27(10-24-16)17-12-9-13(12)18(28)19(17)29/h3-6,10,12-13,17-19,28-29H,2,9H2,1H3,(H,23,25,26)/t12-,13+,17-,18-,19+/m1/s1. The van der Waals surface area contributed by atoms with Gasteiger partial charge in [0, 0.05) is 12.1 Å². The van der Waals surface area contributed by atoms with Crippen molar-refractivity contribution in [2.45, 2.75) is 31.6 Å². The molecule has 148 valence electrons. The van der Waals surface area contributed by atoms with Crippen LogP contribution in [-0.4, -0.2) is 48.5 Å². The molecule has 0 aliphatic heterocycles. The normalized spacial score (nSPS) is 27.4. The molecule has 0 spiro atoms. The Hall–Kier alpha value is -2.66. The largest absolute Gasteiger partial charge is 0.390 e. The first kappa shape index (κ1) is 18.4. The summed E-state index contributed by atoms with van der Waals surface area (Å²) in [6, 6.07) is 7.11. The van der Waals surface area contributed by atoms with Gasteiger partial charge in [-0.05, 0) is 43.2 Å². The van der Waals surface area contributed by atoms with Gasteiger partial charge in [0.15, 0.2) is 17.0 Å². The molecule has 8 heteroatoms. The highest BCUT2D eigenvalue weighted by molar-refractivity contribution is 6.31. The van der Waals surface area contributed by atoms with Crippen molar-refractivity contribution in [3.63, 3.8) is 0 Å². The lowest BCUT2D eigenvalue weighted by Gasteiger charge is -2.22. The first-order valence-electron chi connectivity index (χ1n) is 9.69. The maximum atomic E-state index is 10.5. The summed E-state index contributed by atoms with van der Waals surface area (Å²) >= 11 is 6.19. The summed E-state index contributed by atoms with van der Waals surface area (Å²) in [6.45, 7) is 2.65. The van der Waals surface area contributed by atoms with Gasteiger partial charge in [-0.25, -0.2) is 15.0 Å². The second-order valence-electron chi connectivity index (χ2n) is 7.52. The second kappa shape index (κ2) is 6.99. The number of aliphatic hydroxyl groups is 2. The minimum absolute atomic E-state index is 0.155. The van der Waals surface area contributed by atoms with Gasteiger partial charge >= 0.3 is 0 Å². The van der Waals surface area contributed by atoms with Crippen molar-refractivity contribution in [1.82, 2.24) is 19.5 Å². The monoisotopic (exact) mass is 409 g/mol. The van der Waals surface area contributed by atoms with Crippen molar-refractivity contribution < 1.29 is 10.2 Å². The summed E-state index contributed by atoms with van der Waals surface area (Å²) in [5, 5.41) is 24.5. The third kappa shape index (κ3) is 3.04. The number of aliphatic hydroxyl groups excluding tert-OH is 2. The Labute approximate surface area is 172 Å². The van der Waals surface area contributed by atoms with Crippen LogP contribution in [0.5, 0.6) is 0 Å². The molecule has 2 saturated carbocycles. The van der Waals surface area contributed by atoms with Crippen molar-refractivity contribution in [1.29, 1.82) is 0 Å². The molecular weight excluding hydrogens is 390 g/mol. The zero-order chi connectivity index (χ0) is 20.1. The van der Waals surface area contributed by atoms with E-state index in [9.17, 15) is 10.2 Å². The lowest BCUT2D eigenvalue weighted by molar-refractivity contribution is 0.00386. The summed E-state index contributed by atoms with van der Waals surface area (Å²) in [7, 11) is 0. The van der Waals surface area contributed by atoms with Gasteiger partial charge in [-0.15, -0.1) is 0 Å². The van der Waals surface area contributed by atoms with Gasteiger partial charge in [0.1, 0.15) is 6.10 Å². The number of hydrogen-bond acceptors (Lipinski definition) is 6. The van der Waals surface area contributed by atoms with Crippen LogP contribution in [0.4, 0.5) is 5.82 Å². The number of nitrogens with one attached hydrogen (secondary N) is 1. The van der Waals surface area contributed by atoms with Gasteiger partial charge in [-0.3, -0.25) is 0 Å². The van der Waals surface area contributed by atoms with Crippen molar-refractivity contribution in [3.8, 4) is 11.8 Å². The average Bonchev–Trinajstić information content (AvgIpc) is 3.32. The Bertz CT molecular complexity index is 1150. The van der Waals surface area contributed by atoms with Gasteiger partial charge in [-0.1, -0.05) is 29.7 Å². The maximum Gasteiger partial charge on any atom is 0.209 e. The van der Waals surface area contributed by atoms with E-state index in [1.54, 1.807) is 12.4 Å². The van der Waals surface area contributed by atoms with Crippen LogP contribution >= 0.6 is 11.6 Å². The Morgan fingerprint density at radius 1 is 1.17 bits per heavy atom. The minimum atomic E-state index is -0.827. The lowest BCUT2D eigenvalue weighted by atomic mass is 10.1. The molecular formula is C21H20ClN5O2. The molecule has 2 aliphatic rings. The summed E-state index contributed by atoms with van der Waals surface area (Å²) in [5.74, 6) is 7.35. The number of fused-ring (bicyclic) bond motifs is 2. The van der Waals surface area contributed by atoms with E-state index < -0.39 is 12.2 Å². The Morgan fingerprint density at radius 3 is 2.72 bits per heavy atom. The molecule has 3 aromatic rings. The average molecular weight is 410 g/mol. The predicted molar refractivity (Wildman–Crippen MR) is 110 cm³/mol. The van der Waals surface area contributed by atoms with E-state index in [0.717, 1.165) is 6.42 Å². The molecule has 3 N–H and O–H groups in total. The molecule has 0 unspecified atom stereocenters. The first-order chi connectivity index (χ1) is 14.1. The number of benzene rings is 1. The molecule has 2 heterocycles. The van der Waals surface area contributed by atoms with Gasteiger partial charge < -0.3 is 20.1 Å². The fourth-order valence-electron chi connectivity index (χ4n) is 4.27. The first-order valence-corrected chi connectivity index (χ1v) is 10.1. The van der Waals surface area contributed by atoms with Gasteiger partial charge in [0.25, 0.3) is 0 Å². The fourth-order valence-corrected chi connectivity index (χ4v) is 4.45. The van der Waals surface area contributed by atoms with Crippen LogP contribution in [-0.2, 0) is 0 Å². The fraction of sp³-hybridized carbons (Fsp3) is 0.381. The number of aromatic nitrogens is 4. The van der Waals surface area contributed by atoms with Crippen LogP contribution in [0.25, 0.3) is 11.2 Å². The summed E-state index contributed by atoms with van der Waals surface area (Å²) in [4.78, 5) is 13.6. The predicted octanol–water partition coefficient (Wildman–Crippen LogP) is 2.22. The van der Waals surface area contributed by atoms with E-state index in [0.29, 0.717) is 39.9 Å². The van der Waals surface area contributed by atoms with Crippen LogP contribution in [0.1, 0.15) is 30.8 Å². The topological polar surface area (TPSA) is 96.1 Å². The number of halogens is 1. The van der Waals surface area contributed by atoms with E-state index in [4.69, 9.17) is 11.6 Å². The van der Waals surface area contributed by atoms with Crippen molar-refractivity contribution in [2.24, 2.45) is 11.8 Å². The number of rotatable bonds is 3. The highest BCUT2D eigenvalue weighted by Crippen LogP contribution is 2.57. The van der Waals surface area contributed by atoms with E-state index in [1.165, 1.54) is 0 Å². The summed E-state index contributed by atoms with van der Waals surface area (Å²) in [5.41, 5.74) is 1.93. The second-order valence-corrected chi connectivity index (χ2v) is 7.92. The molecule has 1 aromatic carbocycles. The van der Waals surface area contributed by atoms with Crippen LogP contribution in [0.3, 0.4) is 0 Å². The highest BCUT2D eigenvalue weighted by atomic mass is 35.5. The van der Waals surface area contributed by atoms with E-state index in [-0.39, 0.29) is 17.9 Å². The van der Waals surface area contributed by atoms with Crippen LogP contribution in [0, 0.1) is 23.7 Å². The van der Waals surface area contributed by atoms with Crippen molar-refractivity contribution >= 4 is 28.6 Å². The van der Waals surface area contributed by atoms with Crippen LogP contribution in [0.15, 0.2) is 30.6 Å². The number of hydrogen-bond donors (Lipinski definition) is 3. The highest BCUT2D eigenvalue weighted by Gasteiger charge is 2.60. The molecule has 5 atom stereocenters. The molecule has 7 nitrogen and oxygen atoms in total. The van der Waals surface area contributed by atoms with Gasteiger partial charge in [0.05, 0.1) is 23.5 Å². The van der Waals surface area contributed by atoms with Crippen LogP contribution in [0.2, 0.25) is 5.02 Å².